The summed E-state index contributed by atoms with van der Waals surface area (Å²) in [6.07, 6.45) is 0. The molecule has 1 unspecified atom stereocenters. The van der Waals surface area contributed by atoms with E-state index in [1.807, 2.05) is 18.2 Å². The molecule has 1 aromatic rings. The molecule has 0 aliphatic heterocycles. The number of nitrogens with one attached hydrogen (secondary N) is 1. The van der Waals surface area contributed by atoms with Crippen LogP contribution in [0.2, 0.25) is 0 Å². The summed E-state index contributed by atoms with van der Waals surface area (Å²) < 4.78 is 10.7. The lowest BCUT2D eigenvalue weighted by Crippen LogP contribution is -2.31. The van der Waals surface area contributed by atoms with Crippen LogP contribution < -0.4 is 14.8 Å². The predicted octanol–water partition coefficient (Wildman–Crippen LogP) is 1.92. The van der Waals surface area contributed by atoms with Gasteiger partial charge in [0.2, 0.25) is 0 Å². The number of likely N-dealkylation sites (N-methyl/N-ethyl adjacent to an activating group) is 2. The summed E-state index contributed by atoms with van der Waals surface area (Å²) in [5, 5.41) is 3.38. The summed E-state index contributed by atoms with van der Waals surface area (Å²) in [6.45, 7) is 3.94. The summed E-state index contributed by atoms with van der Waals surface area (Å²) in [7, 11) is 7.52. The number of hydrogen-bond donors (Lipinski definition) is 1. The van der Waals surface area contributed by atoms with Gasteiger partial charge < -0.3 is 19.7 Å². The number of hydrogen-bond acceptors (Lipinski definition) is 4. The van der Waals surface area contributed by atoms with E-state index in [9.17, 15) is 0 Å². The van der Waals surface area contributed by atoms with Crippen molar-refractivity contribution < 1.29 is 9.47 Å². The number of rotatable bonds is 7. The maximum atomic E-state index is 5.45. The fraction of sp³-hybridized carbons (Fsp3) is 0.571. The van der Waals surface area contributed by atoms with Crippen LogP contribution in [0.25, 0.3) is 0 Å². The quantitative estimate of drug-likeness (QED) is 0.804. The van der Waals surface area contributed by atoms with Crippen molar-refractivity contribution in [1.82, 2.24) is 10.2 Å². The highest BCUT2D eigenvalue weighted by atomic mass is 16.5. The molecule has 102 valence electrons. The molecule has 0 fully saturated rings. The van der Waals surface area contributed by atoms with Crippen LogP contribution in [0, 0.1) is 0 Å². The third-order valence-electron chi connectivity index (χ3n) is 3.01. The Hall–Kier alpha value is -1.26. The second-order valence-corrected chi connectivity index (χ2v) is 4.39. The zero-order chi connectivity index (χ0) is 13.5. The van der Waals surface area contributed by atoms with E-state index in [4.69, 9.17) is 9.47 Å². The molecule has 0 aromatic heterocycles. The molecule has 0 amide bonds. The Morgan fingerprint density at radius 2 is 1.94 bits per heavy atom. The molecule has 0 saturated heterocycles. The molecule has 0 heterocycles. The van der Waals surface area contributed by atoms with Gasteiger partial charge in [-0.05, 0) is 38.8 Å². The normalized spacial score (nSPS) is 12.6. The largest absolute Gasteiger partial charge is 0.497 e. The van der Waals surface area contributed by atoms with Crippen LogP contribution in [0.5, 0.6) is 11.5 Å². The predicted molar refractivity (Wildman–Crippen MR) is 74.5 cm³/mol. The molecule has 0 saturated carbocycles. The molecule has 1 atom stereocenters. The molecule has 1 N–H and O–H groups in total. The Labute approximate surface area is 110 Å². The van der Waals surface area contributed by atoms with Crippen molar-refractivity contribution in [1.29, 1.82) is 0 Å². The van der Waals surface area contributed by atoms with Crippen LogP contribution in [0.4, 0.5) is 0 Å². The van der Waals surface area contributed by atoms with E-state index in [1.54, 1.807) is 14.2 Å². The topological polar surface area (TPSA) is 33.7 Å². The van der Waals surface area contributed by atoms with Crippen LogP contribution in [0.1, 0.15) is 18.5 Å². The molecule has 0 aliphatic rings. The van der Waals surface area contributed by atoms with Gasteiger partial charge in [0.05, 0.1) is 20.3 Å². The van der Waals surface area contributed by atoms with Crippen LogP contribution in [0.3, 0.4) is 0 Å². The number of ether oxygens (including phenoxy) is 2. The molecule has 4 nitrogen and oxygen atoms in total. The van der Waals surface area contributed by atoms with Crippen LogP contribution in [-0.2, 0) is 0 Å². The molecule has 4 heteroatoms. The summed E-state index contributed by atoms with van der Waals surface area (Å²) >= 11 is 0. The number of nitrogens with zero attached hydrogens (tertiary/aromatic N) is 1. The average molecular weight is 252 g/mol. The zero-order valence-electron chi connectivity index (χ0n) is 12.0. The Morgan fingerprint density at radius 3 is 2.44 bits per heavy atom. The molecular formula is C14H24N2O2. The van der Waals surface area contributed by atoms with E-state index < -0.39 is 0 Å². The van der Waals surface area contributed by atoms with Crippen LogP contribution in [-0.4, -0.2) is 46.3 Å². The van der Waals surface area contributed by atoms with Gasteiger partial charge in [0.1, 0.15) is 11.5 Å². The summed E-state index contributed by atoms with van der Waals surface area (Å²) in [4.78, 5) is 2.18. The lowest BCUT2D eigenvalue weighted by atomic mass is 10.0. The SMILES string of the molecule is CCNCC(c1cc(OC)ccc1OC)N(C)C. The minimum Gasteiger partial charge on any atom is -0.497 e. The van der Waals surface area contributed by atoms with Gasteiger partial charge in [0, 0.05) is 12.1 Å². The second-order valence-electron chi connectivity index (χ2n) is 4.39. The minimum atomic E-state index is 0.259. The van der Waals surface area contributed by atoms with Gasteiger partial charge in [-0.15, -0.1) is 0 Å². The Kier molecular flexibility index (Phi) is 5.95. The van der Waals surface area contributed by atoms with Crippen LogP contribution in [0.15, 0.2) is 18.2 Å². The van der Waals surface area contributed by atoms with E-state index in [0.717, 1.165) is 30.2 Å². The van der Waals surface area contributed by atoms with E-state index in [2.05, 4.69) is 31.2 Å². The van der Waals surface area contributed by atoms with Gasteiger partial charge in [0.15, 0.2) is 0 Å². The molecule has 0 aliphatic carbocycles. The van der Waals surface area contributed by atoms with Crippen molar-refractivity contribution in [2.45, 2.75) is 13.0 Å². The van der Waals surface area contributed by atoms with Crippen molar-refractivity contribution in [3.05, 3.63) is 23.8 Å². The van der Waals surface area contributed by atoms with Crippen molar-refractivity contribution in [3.8, 4) is 11.5 Å². The summed E-state index contributed by atoms with van der Waals surface area (Å²) in [5.74, 6) is 1.75. The van der Waals surface area contributed by atoms with E-state index in [-0.39, 0.29) is 6.04 Å². The first-order chi connectivity index (χ1) is 8.63. The lowest BCUT2D eigenvalue weighted by molar-refractivity contribution is 0.279. The Bertz CT molecular complexity index is 367. The highest BCUT2D eigenvalue weighted by molar-refractivity contribution is 5.42. The van der Waals surface area contributed by atoms with Gasteiger partial charge in [-0.3, -0.25) is 0 Å². The maximum Gasteiger partial charge on any atom is 0.123 e. The third-order valence-corrected chi connectivity index (χ3v) is 3.01. The molecule has 0 bridgehead atoms. The average Bonchev–Trinajstić information content (AvgIpc) is 2.38. The molecule has 1 rings (SSSR count). The summed E-state index contributed by atoms with van der Waals surface area (Å²) in [6, 6.07) is 6.18. The van der Waals surface area contributed by atoms with Crippen molar-refractivity contribution in [2.24, 2.45) is 0 Å². The lowest BCUT2D eigenvalue weighted by Gasteiger charge is -2.26. The second kappa shape index (κ2) is 7.24. The molecule has 18 heavy (non-hydrogen) atoms. The van der Waals surface area contributed by atoms with Gasteiger partial charge in [-0.25, -0.2) is 0 Å². The molecule has 0 spiro atoms. The van der Waals surface area contributed by atoms with Crippen molar-refractivity contribution in [3.63, 3.8) is 0 Å². The van der Waals surface area contributed by atoms with Gasteiger partial charge in [0.25, 0.3) is 0 Å². The smallest absolute Gasteiger partial charge is 0.123 e. The van der Waals surface area contributed by atoms with Crippen molar-refractivity contribution >= 4 is 0 Å². The Balaban J connectivity index is 3.07. The first-order valence-electron chi connectivity index (χ1n) is 6.23. The van der Waals surface area contributed by atoms with Gasteiger partial charge in [-0.2, -0.15) is 0 Å². The minimum absolute atomic E-state index is 0.259. The third kappa shape index (κ3) is 3.62. The maximum absolute atomic E-state index is 5.45. The molecule has 0 radical (unpaired) electrons. The Morgan fingerprint density at radius 1 is 1.22 bits per heavy atom. The highest BCUT2D eigenvalue weighted by Crippen LogP contribution is 2.31. The zero-order valence-corrected chi connectivity index (χ0v) is 12.0. The van der Waals surface area contributed by atoms with Crippen LogP contribution >= 0.6 is 0 Å². The van der Waals surface area contributed by atoms with E-state index in [0.29, 0.717) is 0 Å². The fourth-order valence-electron chi connectivity index (χ4n) is 1.95. The number of methoxy groups -OCH3 is 2. The van der Waals surface area contributed by atoms with E-state index in [1.165, 1.54) is 0 Å². The first-order valence-corrected chi connectivity index (χ1v) is 6.23. The van der Waals surface area contributed by atoms with Gasteiger partial charge in [-0.1, -0.05) is 6.92 Å². The summed E-state index contributed by atoms with van der Waals surface area (Å²) in [5.41, 5.74) is 1.14. The van der Waals surface area contributed by atoms with Gasteiger partial charge >= 0.3 is 0 Å². The number of benzene rings is 1. The first kappa shape index (κ1) is 14.8. The van der Waals surface area contributed by atoms with Crippen molar-refractivity contribution in [2.75, 3.05) is 41.4 Å². The highest BCUT2D eigenvalue weighted by Gasteiger charge is 2.18. The fourth-order valence-corrected chi connectivity index (χ4v) is 1.95. The molecule has 1 aromatic carbocycles. The standard InChI is InChI=1S/C14H24N2O2/c1-6-15-10-13(16(2)3)12-9-11(17-4)7-8-14(12)18-5/h7-9,13,15H,6,10H2,1-5H3. The monoisotopic (exact) mass is 252 g/mol. The molecular weight excluding hydrogens is 228 g/mol. The van der Waals surface area contributed by atoms with E-state index >= 15 is 0 Å².